The Morgan fingerprint density at radius 3 is 2.79 bits per heavy atom. The van der Waals surface area contributed by atoms with Crippen LogP contribution in [0.4, 0.5) is 0 Å². The van der Waals surface area contributed by atoms with Crippen molar-refractivity contribution in [3.63, 3.8) is 0 Å². The highest BCUT2D eigenvalue weighted by atomic mass is 16.5. The average Bonchev–Trinajstić information content (AvgIpc) is 2.17. The van der Waals surface area contributed by atoms with E-state index >= 15 is 0 Å². The van der Waals surface area contributed by atoms with Crippen LogP contribution in [0.15, 0.2) is 0 Å². The van der Waals surface area contributed by atoms with E-state index in [0.29, 0.717) is 26.1 Å². The van der Waals surface area contributed by atoms with Gasteiger partial charge in [-0.05, 0) is 6.92 Å². The first kappa shape index (κ1) is 13.4. The summed E-state index contributed by atoms with van der Waals surface area (Å²) in [4.78, 5) is 11.2. The van der Waals surface area contributed by atoms with E-state index < -0.39 is 0 Å². The summed E-state index contributed by atoms with van der Waals surface area (Å²) in [5.41, 5.74) is 5.52. The first-order valence-electron chi connectivity index (χ1n) is 4.93. The maximum atomic E-state index is 11.2. The molecular formula is C9H21N3O2. The van der Waals surface area contributed by atoms with Crippen LogP contribution in [-0.2, 0) is 9.53 Å². The molecule has 0 saturated carbocycles. The zero-order valence-corrected chi connectivity index (χ0v) is 9.01. The van der Waals surface area contributed by atoms with Gasteiger partial charge in [0.15, 0.2) is 0 Å². The molecule has 0 bridgehead atoms. The molecule has 0 spiro atoms. The summed E-state index contributed by atoms with van der Waals surface area (Å²) in [5.74, 6) is 0.0351. The molecule has 0 aliphatic carbocycles. The van der Waals surface area contributed by atoms with E-state index in [1.165, 1.54) is 0 Å². The topological polar surface area (TPSA) is 76.4 Å². The Morgan fingerprint density at radius 2 is 2.29 bits per heavy atom. The zero-order valence-electron chi connectivity index (χ0n) is 9.01. The summed E-state index contributed by atoms with van der Waals surface area (Å²) in [7, 11) is 1.64. The molecule has 4 N–H and O–H groups in total. The van der Waals surface area contributed by atoms with Crippen LogP contribution in [0, 0.1) is 0 Å². The Balaban J connectivity index is 3.61. The predicted octanol–water partition coefficient (Wildman–Crippen LogP) is -0.924. The molecule has 1 atom stereocenters. The molecule has 0 aliphatic rings. The smallest absolute Gasteiger partial charge is 0.221 e. The fourth-order valence-corrected chi connectivity index (χ4v) is 1.10. The van der Waals surface area contributed by atoms with Crippen LogP contribution in [0.2, 0.25) is 0 Å². The predicted molar refractivity (Wildman–Crippen MR) is 56.0 cm³/mol. The lowest BCUT2D eigenvalue weighted by molar-refractivity contribution is -0.121. The van der Waals surface area contributed by atoms with Crippen molar-refractivity contribution in [1.29, 1.82) is 0 Å². The van der Waals surface area contributed by atoms with Gasteiger partial charge in [0.1, 0.15) is 0 Å². The number of amides is 1. The van der Waals surface area contributed by atoms with Gasteiger partial charge >= 0.3 is 0 Å². The van der Waals surface area contributed by atoms with Crippen LogP contribution in [-0.4, -0.2) is 45.3 Å². The van der Waals surface area contributed by atoms with E-state index in [0.717, 1.165) is 6.54 Å². The Morgan fingerprint density at radius 1 is 1.57 bits per heavy atom. The van der Waals surface area contributed by atoms with Crippen molar-refractivity contribution >= 4 is 5.91 Å². The van der Waals surface area contributed by atoms with Gasteiger partial charge in [0.25, 0.3) is 0 Å². The van der Waals surface area contributed by atoms with Crippen molar-refractivity contribution in [1.82, 2.24) is 10.6 Å². The van der Waals surface area contributed by atoms with E-state index in [-0.39, 0.29) is 11.9 Å². The molecule has 0 saturated heterocycles. The number of carbonyl (C=O) groups excluding carboxylic acids is 1. The summed E-state index contributed by atoms with van der Waals surface area (Å²) in [6.45, 7) is 4.37. The molecule has 0 fully saturated rings. The van der Waals surface area contributed by atoms with Gasteiger partial charge < -0.3 is 21.1 Å². The summed E-state index contributed by atoms with van der Waals surface area (Å²) in [6.07, 6.45) is 0.425. The number of rotatable bonds is 8. The number of carbonyl (C=O) groups is 1. The first-order valence-corrected chi connectivity index (χ1v) is 4.93. The van der Waals surface area contributed by atoms with Gasteiger partial charge in [-0.3, -0.25) is 4.79 Å². The van der Waals surface area contributed by atoms with Crippen LogP contribution >= 0.6 is 0 Å². The van der Waals surface area contributed by atoms with Crippen molar-refractivity contribution in [3.8, 4) is 0 Å². The molecule has 1 unspecified atom stereocenters. The second-order valence-electron chi connectivity index (χ2n) is 3.04. The maximum absolute atomic E-state index is 11.2. The van der Waals surface area contributed by atoms with Gasteiger partial charge in [-0.1, -0.05) is 0 Å². The molecule has 14 heavy (non-hydrogen) atoms. The Labute approximate surface area is 85.4 Å². The van der Waals surface area contributed by atoms with E-state index in [1.54, 1.807) is 7.11 Å². The van der Waals surface area contributed by atoms with Gasteiger partial charge in [0.2, 0.25) is 5.91 Å². The number of nitrogens with two attached hydrogens (primary N) is 1. The fraction of sp³-hybridized carbons (Fsp3) is 0.889. The Kier molecular flexibility index (Phi) is 8.51. The van der Waals surface area contributed by atoms with E-state index in [2.05, 4.69) is 10.6 Å². The fourth-order valence-electron chi connectivity index (χ4n) is 1.10. The number of nitrogens with one attached hydrogen (secondary N) is 2. The average molecular weight is 203 g/mol. The monoisotopic (exact) mass is 203 g/mol. The lowest BCUT2D eigenvalue weighted by Crippen LogP contribution is -2.41. The molecule has 0 radical (unpaired) electrons. The molecule has 84 valence electrons. The third-order valence-corrected chi connectivity index (χ3v) is 1.83. The van der Waals surface area contributed by atoms with Crippen molar-refractivity contribution < 1.29 is 9.53 Å². The maximum Gasteiger partial charge on any atom is 0.221 e. The molecule has 0 heterocycles. The number of methoxy groups -OCH3 is 1. The van der Waals surface area contributed by atoms with Crippen molar-refractivity contribution in [2.45, 2.75) is 19.4 Å². The van der Waals surface area contributed by atoms with E-state index in [4.69, 9.17) is 10.5 Å². The van der Waals surface area contributed by atoms with Gasteiger partial charge in [-0.25, -0.2) is 0 Å². The molecule has 5 heteroatoms. The number of ether oxygens (including phenoxy) is 1. The summed E-state index contributed by atoms with van der Waals surface area (Å²) >= 11 is 0. The van der Waals surface area contributed by atoms with Crippen LogP contribution in [0.5, 0.6) is 0 Å². The number of hydrogen-bond acceptors (Lipinski definition) is 4. The summed E-state index contributed by atoms with van der Waals surface area (Å²) in [6, 6.07) is 0.0386. The molecule has 0 aliphatic heterocycles. The molecule has 1 amide bonds. The molecule has 0 aromatic heterocycles. The van der Waals surface area contributed by atoms with Crippen LogP contribution in [0.25, 0.3) is 0 Å². The minimum absolute atomic E-state index is 0.0351. The van der Waals surface area contributed by atoms with Gasteiger partial charge in [0.05, 0.1) is 6.61 Å². The van der Waals surface area contributed by atoms with Crippen LogP contribution in [0.1, 0.15) is 13.3 Å². The van der Waals surface area contributed by atoms with Crippen LogP contribution < -0.4 is 16.4 Å². The van der Waals surface area contributed by atoms with Crippen molar-refractivity contribution in [2.75, 3.05) is 33.4 Å². The lowest BCUT2D eigenvalue weighted by atomic mass is 10.2. The second kappa shape index (κ2) is 8.93. The lowest BCUT2D eigenvalue weighted by Gasteiger charge is -2.15. The van der Waals surface area contributed by atoms with Gasteiger partial charge in [-0.15, -0.1) is 0 Å². The highest BCUT2D eigenvalue weighted by Gasteiger charge is 2.10. The normalized spacial score (nSPS) is 12.5. The van der Waals surface area contributed by atoms with Crippen LogP contribution in [0.3, 0.4) is 0 Å². The molecule has 0 aromatic carbocycles. The van der Waals surface area contributed by atoms with Crippen molar-refractivity contribution in [2.24, 2.45) is 5.73 Å². The highest BCUT2D eigenvalue weighted by molar-refractivity contribution is 5.76. The Hall–Kier alpha value is -0.650. The first-order chi connectivity index (χ1) is 6.74. The highest BCUT2D eigenvalue weighted by Crippen LogP contribution is 1.89. The molecule has 5 nitrogen and oxygen atoms in total. The third-order valence-electron chi connectivity index (χ3n) is 1.83. The molecule has 0 rings (SSSR count). The second-order valence-corrected chi connectivity index (χ2v) is 3.04. The van der Waals surface area contributed by atoms with E-state index in [9.17, 15) is 4.79 Å². The minimum atomic E-state index is 0.0351. The van der Waals surface area contributed by atoms with Gasteiger partial charge in [-0.2, -0.15) is 0 Å². The number of hydrogen-bond donors (Lipinski definition) is 3. The minimum Gasteiger partial charge on any atom is -0.383 e. The quantitative estimate of drug-likeness (QED) is 0.446. The molecule has 0 aromatic rings. The molecular weight excluding hydrogens is 182 g/mol. The summed E-state index contributed by atoms with van der Waals surface area (Å²) in [5, 5.41) is 5.88. The van der Waals surface area contributed by atoms with E-state index in [1.807, 2.05) is 6.92 Å². The Bertz CT molecular complexity index is 153. The third kappa shape index (κ3) is 6.82. The van der Waals surface area contributed by atoms with Crippen molar-refractivity contribution in [3.05, 3.63) is 0 Å². The summed E-state index contributed by atoms with van der Waals surface area (Å²) < 4.78 is 4.89. The standard InChI is InChI=1S/C9H21N3O2/c1-3-11-9(13)6-8(7-10)12-4-5-14-2/h8,12H,3-7,10H2,1-2H3,(H,11,13). The SMILES string of the molecule is CCNC(=O)CC(CN)NCCOC. The zero-order chi connectivity index (χ0) is 10.8. The largest absolute Gasteiger partial charge is 0.383 e. The van der Waals surface area contributed by atoms with Gasteiger partial charge in [0, 0.05) is 39.2 Å².